The molecule has 1 atom stereocenters. The SMILES string of the molecule is CC/C=C\C/C=C\C=C\C(O)C/C=C\C/C=C\C/C=C\CCC(=O)[O-]. The third-order valence-electron chi connectivity index (χ3n) is 3.19. The van der Waals surface area contributed by atoms with Gasteiger partial charge in [0.2, 0.25) is 0 Å². The summed E-state index contributed by atoms with van der Waals surface area (Å²) in [5, 5.41) is 20.0. The summed E-state index contributed by atoms with van der Waals surface area (Å²) in [4.78, 5) is 10.2. The molecular weight excluding hydrogens is 312 g/mol. The molecule has 0 aliphatic carbocycles. The van der Waals surface area contributed by atoms with E-state index in [4.69, 9.17) is 0 Å². The van der Waals surface area contributed by atoms with E-state index in [0.29, 0.717) is 12.8 Å². The summed E-state index contributed by atoms with van der Waals surface area (Å²) >= 11 is 0. The second-order valence-electron chi connectivity index (χ2n) is 5.53. The minimum absolute atomic E-state index is 0.0748. The summed E-state index contributed by atoms with van der Waals surface area (Å²) < 4.78 is 0. The molecule has 25 heavy (non-hydrogen) atoms. The molecule has 0 aliphatic heterocycles. The first-order valence-electron chi connectivity index (χ1n) is 8.98. The lowest BCUT2D eigenvalue weighted by Gasteiger charge is -1.98. The van der Waals surface area contributed by atoms with Crippen molar-refractivity contribution in [2.24, 2.45) is 0 Å². The summed E-state index contributed by atoms with van der Waals surface area (Å²) in [5.74, 6) is -1.01. The molecule has 0 rings (SSSR count). The van der Waals surface area contributed by atoms with Crippen LogP contribution >= 0.6 is 0 Å². The number of allylic oxidation sites excluding steroid dienone is 10. The van der Waals surface area contributed by atoms with E-state index in [9.17, 15) is 15.0 Å². The lowest BCUT2D eigenvalue weighted by atomic mass is 10.2. The quantitative estimate of drug-likeness (QED) is 0.380. The fourth-order valence-electron chi connectivity index (χ4n) is 1.87. The van der Waals surface area contributed by atoms with Gasteiger partial charge in [0.1, 0.15) is 0 Å². The molecule has 3 nitrogen and oxygen atoms in total. The van der Waals surface area contributed by atoms with Gasteiger partial charge in [-0.05, 0) is 44.9 Å². The molecule has 0 aromatic heterocycles. The number of carbonyl (C=O) groups is 1. The number of carboxylic acid groups (broad SMARTS) is 1. The van der Waals surface area contributed by atoms with Gasteiger partial charge < -0.3 is 15.0 Å². The molecule has 0 spiro atoms. The summed E-state index contributed by atoms with van der Waals surface area (Å²) in [6.45, 7) is 2.11. The Kier molecular flexibility index (Phi) is 16.7. The van der Waals surface area contributed by atoms with Gasteiger partial charge in [0.25, 0.3) is 0 Å². The summed E-state index contributed by atoms with van der Waals surface area (Å²) in [5.41, 5.74) is 0. The molecule has 138 valence electrons. The molecule has 0 bridgehead atoms. The Bertz CT molecular complexity index is 493. The standard InChI is InChI=1S/C22H32O3/c1-2-3-4-5-9-12-15-18-21(23)19-16-13-10-7-6-8-11-14-17-20-22(24)25/h3-4,6-7,9,11-16,18,21,23H,2,5,8,10,17,19-20H2,1H3,(H,24,25)/p-1/b4-3-,7-6-,12-9-,14-11-,16-13-,18-15+. The predicted octanol–water partition coefficient (Wildman–Crippen LogP) is 4.19. The van der Waals surface area contributed by atoms with Gasteiger partial charge >= 0.3 is 0 Å². The zero-order chi connectivity index (χ0) is 18.6. The average molecular weight is 343 g/mol. The van der Waals surface area contributed by atoms with Gasteiger partial charge in [-0.15, -0.1) is 0 Å². The molecule has 0 saturated heterocycles. The van der Waals surface area contributed by atoms with Gasteiger partial charge in [0, 0.05) is 5.97 Å². The number of rotatable bonds is 14. The third-order valence-corrected chi connectivity index (χ3v) is 3.19. The van der Waals surface area contributed by atoms with Crippen molar-refractivity contribution in [1.82, 2.24) is 0 Å². The predicted molar refractivity (Wildman–Crippen MR) is 104 cm³/mol. The van der Waals surface area contributed by atoms with Crippen LogP contribution in [0.3, 0.4) is 0 Å². The maximum absolute atomic E-state index is 10.2. The van der Waals surface area contributed by atoms with E-state index < -0.39 is 12.1 Å². The fraction of sp³-hybridized carbons (Fsp3) is 0.409. The van der Waals surface area contributed by atoms with Crippen molar-refractivity contribution in [2.45, 2.75) is 58.0 Å². The molecule has 0 aliphatic rings. The second-order valence-corrected chi connectivity index (χ2v) is 5.53. The van der Waals surface area contributed by atoms with Crippen LogP contribution in [0.4, 0.5) is 0 Å². The molecule has 0 aromatic rings. The highest BCUT2D eigenvalue weighted by Crippen LogP contribution is 1.99. The number of carbonyl (C=O) groups excluding carboxylic acids is 1. The van der Waals surface area contributed by atoms with Crippen LogP contribution in [0.25, 0.3) is 0 Å². The Balaban J connectivity index is 3.70. The van der Waals surface area contributed by atoms with E-state index in [1.165, 1.54) is 0 Å². The van der Waals surface area contributed by atoms with Crippen molar-refractivity contribution < 1.29 is 15.0 Å². The van der Waals surface area contributed by atoms with Crippen LogP contribution in [-0.4, -0.2) is 17.2 Å². The van der Waals surface area contributed by atoms with Crippen LogP contribution in [0.15, 0.2) is 72.9 Å². The van der Waals surface area contributed by atoms with Crippen LogP contribution in [0, 0.1) is 0 Å². The van der Waals surface area contributed by atoms with Crippen molar-refractivity contribution in [3.05, 3.63) is 72.9 Å². The highest BCUT2D eigenvalue weighted by Gasteiger charge is 1.92. The van der Waals surface area contributed by atoms with Gasteiger partial charge in [-0.1, -0.05) is 79.8 Å². The van der Waals surface area contributed by atoms with Crippen LogP contribution in [0.5, 0.6) is 0 Å². The molecule has 0 radical (unpaired) electrons. The molecule has 0 fully saturated rings. The molecule has 1 N–H and O–H groups in total. The Morgan fingerprint density at radius 1 is 0.880 bits per heavy atom. The molecule has 0 aromatic carbocycles. The largest absolute Gasteiger partial charge is 0.550 e. The molecule has 0 amide bonds. The molecule has 3 heteroatoms. The van der Waals surface area contributed by atoms with Crippen molar-refractivity contribution in [3.8, 4) is 0 Å². The average Bonchev–Trinajstić information content (AvgIpc) is 2.58. The lowest BCUT2D eigenvalue weighted by molar-refractivity contribution is -0.305. The molecule has 0 saturated carbocycles. The monoisotopic (exact) mass is 343 g/mol. The van der Waals surface area contributed by atoms with Gasteiger partial charge in [-0.25, -0.2) is 0 Å². The van der Waals surface area contributed by atoms with Gasteiger partial charge in [0.15, 0.2) is 0 Å². The summed E-state index contributed by atoms with van der Waals surface area (Å²) in [6, 6.07) is 0. The Morgan fingerprint density at radius 2 is 1.48 bits per heavy atom. The highest BCUT2D eigenvalue weighted by molar-refractivity contribution is 5.64. The normalized spacial score (nSPS) is 14.3. The van der Waals surface area contributed by atoms with Crippen molar-refractivity contribution in [1.29, 1.82) is 0 Å². The van der Waals surface area contributed by atoms with Gasteiger partial charge in [-0.3, -0.25) is 0 Å². The van der Waals surface area contributed by atoms with E-state index >= 15 is 0 Å². The first-order chi connectivity index (χ1) is 12.2. The van der Waals surface area contributed by atoms with E-state index in [1.54, 1.807) is 6.08 Å². The number of aliphatic carboxylic acids is 1. The first-order valence-corrected chi connectivity index (χ1v) is 8.98. The number of aliphatic hydroxyl groups is 1. The number of hydrogen-bond acceptors (Lipinski definition) is 3. The van der Waals surface area contributed by atoms with Crippen molar-refractivity contribution >= 4 is 5.97 Å². The molecule has 1 unspecified atom stereocenters. The number of hydrogen-bond donors (Lipinski definition) is 1. The van der Waals surface area contributed by atoms with Crippen LogP contribution < -0.4 is 5.11 Å². The first kappa shape index (κ1) is 22.9. The van der Waals surface area contributed by atoms with Crippen molar-refractivity contribution in [3.63, 3.8) is 0 Å². The van der Waals surface area contributed by atoms with Crippen molar-refractivity contribution in [2.75, 3.05) is 0 Å². The Morgan fingerprint density at radius 3 is 2.16 bits per heavy atom. The minimum Gasteiger partial charge on any atom is -0.550 e. The highest BCUT2D eigenvalue weighted by atomic mass is 16.4. The maximum atomic E-state index is 10.2. The van der Waals surface area contributed by atoms with Crippen LogP contribution in [0.1, 0.15) is 51.9 Å². The molecule has 0 heterocycles. The second kappa shape index (κ2) is 18.2. The number of carboxylic acids is 1. The lowest BCUT2D eigenvalue weighted by Crippen LogP contribution is -2.21. The van der Waals surface area contributed by atoms with E-state index in [1.807, 2.05) is 48.6 Å². The van der Waals surface area contributed by atoms with Gasteiger partial charge in [0.05, 0.1) is 6.10 Å². The third kappa shape index (κ3) is 19.8. The number of aliphatic hydroxyl groups excluding tert-OH is 1. The van der Waals surface area contributed by atoms with E-state index in [2.05, 4.69) is 25.2 Å². The van der Waals surface area contributed by atoms with Crippen LogP contribution in [0.2, 0.25) is 0 Å². The summed E-state index contributed by atoms with van der Waals surface area (Å²) in [7, 11) is 0. The maximum Gasteiger partial charge on any atom is 0.0758 e. The Labute approximate surface area is 152 Å². The zero-order valence-corrected chi connectivity index (χ0v) is 15.2. The Hall–Kier alpha value is -2.13. The van der Waals surface area contributed by atoms with Crippen LogP contribution in [-0.2, 0) is 4.79 Å². The minimum atomic E-state index is -1.01. The van der Waals surface area contributed by atoms with E-state index in [-0.39, 0.29) is 6.42 Å². The summed E-state index contributed by atoms with van der Waals surface area (Å²) in [6.07, 6.45) is 28.2. The fourth-order valence-corrected chi connectivity index (χ4v) is 1.87. The zero-order valence-electron chi connectivity index (χ0n) is 15.2. The topological polar surface area (TPSA) is 60.4 Å². The molecular formula is C22H31O3-. The smallest absolute Gasteiger partial charge is 0.0758 e. The van der Waals surface area contributed by atoms with Gasteiger partial charge in [-0.2, -0.15) is 0 Å². The van der Waals surface area contributed by atoms with E-state index in [0.717, 1.165) is 25.7 Å².